The van der Waals surface area contributed by atoms with E-state index in [2.05, 4.69) is 56.2 Å². The molecule has 11 rings (SSSR count). The van der Waals surface area contributed by atoms with E-state index in [1.807, 2.05) is 37.3 Å². The minimum absolute atomic E-state index is 0.0207. The lowest BCUT2D eigenvalue weighted by Gasteiger charge is -2.34. The summed E-state index contributed by atoms with van der Waals surface area (Å²) in [5, 5.41) is 30.7. The summed E-state index contributed by atoms with van der Waals surface area (Å²) >= 11 is 8.56. The van der Waals surface area contributed by atoms with E-state index in [1.54, 1.807) is 105 Å². The number of amides is 9. The average Bonchev–Trinajstić information content (AvgIpc) is 1.62. The molecule has 43 nitrogen and oxygen atoms in total. The summed E-state index contributed by atoms with van der Waals surface area (Å²) in [7, 11) is 3.05. The Morgan fingerprint density at radius 2 is 1.28 bits per heavy atom. The number of carboxylic acids is 1. The van der Waals surface area contributed by atoms with E-state index in [-0.39, 0.29) is 128 Å². The fraction of sp³-hybridized carbons (Fsp3) is 0.455. The lowest BCUT2D eigenvalue weighted by molar-refractivity contribution is -0.145. The zero-order valence-electron chi connectivity index (χ0n) is 81.3. The van der Waals surface area contributed by atoms with Crippen LogP contribution in [0.25, 0.3) is 43.2 Å². The highest BCUT2D eigenvalue weighted by Crippen LogP contribution is 2.50. The van der Waals surface area contributed by atoms with Gasteiger partial charge in [0.2, 0.25) is 29.7 Å². The largest absolute Gasteiger partial charge is 0.496 e. The summed E-state index contributed by atoms with van der Waals surface area (Å²) in [5.41, 5.74) is 10.9. The van der Waals surface area contributed by atoms with E-state index in [4.69, 9.17) is 93.4 Å². The standard InChI is InChI=1S/C99H122ClFN16O27S/c1-66(2)89(110-83(119)27-37-130-39-36-117-84(120)24-25-85(117)121)93(123)109-78(13-10-28-104-97(102)126)92(122)108-73-21-18-70(71(57-73)59-113(4)98(127)143-63-75-60-116(112-111-75)35-38-131-41-42-132-43-44-133-45-46-134-47-48-135-49-50-136-51-52-137-53-54-138-55-56-139-65-118)61-142-99(128)115-32-30-114(31-33-115)34-40-140-81-23-22-76(67(3)88(81)100)86-87-94(105-64-106-95(87)145-90(86)68-16-19-72(101)20-17-68)144-82(96(124)125)58-69-11-6-8-14-79(69)141-62-74-26-29-103-91(107-74)77-12-7-9-15-80(77)129-5/h6-9,11-12,14-26,29,57,60,64-66,78,82,89H,10,13,27-28,30-56,58-59,61-63H2,1-5H3,(H,108,122)(H,109,123)(H,110,119)(H,124,125)(H3,102,104,126)/t78-,82+,89-/m0/s1. The number of hydrogen-bond donors (Lipinski definition) is 6. The normalized spacial score (nSPS) is 13.2. The molecule has 46 heteroatoms. The van der Waals surface area contributed by atoms with Crippen LogP contribution in [0, 0.1) is 18.7 Å². The highest BCUT2D eigenvalue weighted by atomic mass is 35.5. The van der Waals surface area contributed by atoms with Crippen molar-refractivity contribution in [2.75, 3.05) is 197 Å². The monoisotopic (exact) mass is 2050 g/mol. The topological polar surface area (TPSA) is 508 Å². The average molecular weight is 2050 g/mol. The number of carboxylic acid groups (broad SMARTS) is 1. The molecule has 6 heterocycles. The van der Waals surface area contributed by atoms with Crippen molar-refractivity contribution >= 4 is 99.0 Å². The first-order valence-electron chi connectivity index (χ1n) is 47.2. The number of piperazine rings is 1. The van der Waals surface area contributed by atoms with Gasteiger partial charge in [0.15, 0.2) is 5.82 Å². The number of nitrogens with one attached hydrogen (secondary N) is 4. The van der Waals surface area contributed by atoms with Gasteiger partial charge in [-0.25, -0.2) is 48.2 Å². The molecule has 0 saturated carbocycles. The van der Waals surface area contributed by atoms with Crippen molar-refractivity contribution in [3.05, 3.63) is 185 Å². The molecular weight excluding hydrogens is 1930 g/mol. The van der Waals surface area contributed by atoms with Gasteiger partial charge in [-0.3, -0.25) is 38.6 Å². The van der Waals surface area contributed by atoms with E-state index < -0.39 is 83.6 Å². The zero-order chi connectivity index (χ0) is 103. The number of aromatic nitrogens is 7. The number of primary amides is 1. The SMILES string of the molecule is COc1ccccc1-c1nccc(COc2ccccc2C[C@@H](Oc2ncnc3sc(-c4ccc(F)cc4)c(-c4ccc(OCCN5CCN(C(=O)OCc6ccc(NC(=O)[C@H](CCCNC(N)=O)NC(=O)[C@@H](NC(=O)CCOCCN7C(=O)C=CC7=O)C(C)C)cc6CN(C)C(=O)OCc6cn(CCOCCOCCOCCOCCOCCOCCOCCOCCOC=O)nn6)CC5)c(Cl)c4C)c23)C(=O)O)n1. The van der Waals surface area contributed by atoms with Gasteiger partial charge in [-0.1, -0.05) is 85.3 Å². The van der Waals surface area contributed by atoms with Crippen molar-refractivity contribution in [3.8, 4) is 56.1 Å². The third kappa shape index (κ3) is 36.3. The number of benzene rings is 5. The Balaban J connectivity index is 0.674. The van der Waals surface area contributed by atoms with Crippen molar-refractivity contribution in [2.24, 2.45) is 11.7 Å². The number of para-hydroxylation sites is 2. The predicted octanol–water partition coefficient (Wildman–Crippen LogP) is 8.59. The van der Waals surface area contributed by atoms with Crippen molar-refractivity contribution in [1.29, 1.82) is 0 Å². The summed E-state index contributed by atoms with van der Waals surface area (Å²) < 4.78 is 107. The number of ether oxygens (including phenoxy) is 16. The van der Waals surface area contributed by atoms with Crippen LogP contribution in [0.4, 0.5) is 24.5 Å². The van der Waals surface area contributed by atoms with Crippen molar-refractivity contribution in [3.63, 3.8) is 0 Å². The van der Waals surface area contributed by atoms with Gasteiger partial charge in [0.1, 0.15) is 85.0 Å². The summed E-state index contributed by atoms with van der Waals surface area (Å²) in [6.45, 7) is 13.3. The predicted molar refractivity (Wildman–Crippen MR) is 524 cm³/mol. The number of halogens is 2. The van der Waals surface area contributed by atoms with Gasteiger partial charge < -0.3 is 118 Å². The van der Waals surface area contributed by atoms with E-state index in [0.29, 0.717) is 226 Å². The van der Waals surface area contributed by atoms with Crippen LogP contribution >= 0.6 is 22.9 Å². The molecule has 4 aromatic heterocycles. The van der Waals surface area contributed by atoms with E-state index in [0.717, 1.165) is 17.1 Å². The highest BCUT2D eigenvalue weighted by Gasteiger charge is 2.34. The maximum atomic E-state index is 14.6. The lowest BCUT2D eigenvalue weighted by atomic mass is 9.96. The van der Waals surface area contributed by atoms with Crippen LogP contribution in [-0.2, 0) is 130 Å². The van der Waals surface area contributed by atoms with Gasteiger partial charge in [0, 0.05) is 100 Å². The van der Waals surface area contributed by atoms with Gasteiger partial charge in [-0.05, 0) is 114 Å². The number of aliphatic carboxylic acids is 1. The molecular formula is C99H122ClFN16O27S. The molecule has 5 aromatic carbocycles. The summed E-state index contributed by atoms with van der Waals surface area (Å²) in [4.78, 5) is 154. The van der Waals surface area contributed by atoms with Crippen LogP contribution in [0.5, 0.6) is 23.1 Å². The molecule has 145 heavy (non-hydrogen) atoms. The first-order chi connectivity index (χ1) is 70.4. The maximum absolute atomic E-state index is 14.6. The number of nitrogens with two attached hydrogens (primary N) is 1. The molecule has 0 unspecified atom stereocenters. The summed E-state index contributed by atoms with van der Waals surface area (Å²) in [5.74, 6) is -3.35. The molecule has 780 valence electrons. The van der Waals surface area contributed by atoms with Crippen molar-refractivity contribution < 1.29 is 133 Å². The Hall–Kier alpha value is -13.6. The molecule has 3 atom stereocenters. The molecule has 0 radical (unpaired) electrons. The van der Waals surface area contributed by atoms with Gasteiger partial charge in [-0.15, -0.1) is 16.4 Å². The third-order valence-electron chi connectivity index (χ3n) is 22.5. The van der Waals surface area contributed by atoms with Gasteiger partial charge in [0.25, 0.3) is 18.3 Å². The minimum Gasteiger partial charge on any atom is -0.496 e. The Morgan fingerprint density at radius 1 is 0.641 bits per heavy atom. The molecule has 9 amide bonds. The maximum Gasteiger partial charge on any atom is 0.410 e. The van der Waals surface area contributed by atoms with E-state index >= 15 is 0 Å². The number of urea groups is 1. The minimum atomic E-state index is -1.50. The van der Waals surface area contributed by atoms with Crippen LogP contribution < -0.4 is 45.9 Å². The second kappa shape index (κ2) is 60.2. The van der Waals surface area contributed by atoms with Crippen LogP contribution in [0.3, 0.4) is 0 Å². The second-order valence-electron chi connectivity index (χ2n) is 33.1. The Kier molecular flexibility index (Phi) is 46.4. The van der Waals surface area contributed by atoms with Crippen molar-refractivity contribution in [1.82, 2.24) is 70.5 Å². The summed E-state index contributed by atoms with van der Waals surface area (Å²) in [6, 6.07) is 27.2. The molecule has 0 aliphatic carbocycles. The van der Waals surface area contributed by atoms with Gasteiger partial charge in [-0.2, -0.15) is 0 Å². The number of thiophene rings is 1. The fourth-order valence-corrected chi connectivity index (χ4v) is 16.2. The molecule has 1 saturated heterocycles. The summed E-state index contributed by atoms with van der Waals surface area (Å²) in [6.07, 6.45) is 3.73. The van der Waals surface area contributed by atoms with Gasteiger partial charge in [0.05, 0.1) is 167 Å². The van der Waals surface area contributed by atoms with E-state index in [9.17, 15) is 57.4 Å². The first-order valence-corrected chi connectivity index (χ1v) is 48.4. The molecule has 2 aliphatic heterocycles. The fourth-order valence-electron chi connectivity index (χ4n) is 14.8. The number of nitrogens with zero attached hydrogens (tertiary/aromatic N) is 11. The lowest BCUT2D eigenvalue weighted by Crippen LogP contribution is -2.54. The Labute approximate surface area is 845 Å². The number of fused-ring (bicyclic) bond motifs is 1. The number of imide groups is 1. The van der Waals surface area contributed by atoms with Gasteiger partial charge >= 0.3 is 24.2 Å². The number of carbonyl (C=O) groups excluding carboxylic acids is 9. The molecule has 2 aliphatic rings. The number of anilines is 1. The van der Waals surface area contributed by atoms with Crippen LogP contribution in [0.2, 0.25) is 5.02 Å². The molecule has 7 N–H and O–H groups in total. The third-order valence-corrected chi connectivity index (χ3v) is 24.1. The van der Waals surface area contributed by atoms with Crippen LogP contribution in [0.1, 0.15) is 66.8 Å². The quantitative estimate of drug-likeness (QED) is 0.00898. The van der Waals surface area contributed by atoms with E-state index in [1.165, 1.54) is 46.4 Å². The second-order valence-corrected chi connectivity index (χ2v) is 34.5. The number of rotatable bonds is 66. The molecule has 0 bridgehead atoms. The van der Waals surface area contributed by atoms with Crippen LogP contribution in [-0.4, -0.2) is 330 Å². The Morgan fingerprint density at radius 3 is 1.94 bits per heavy atom. The number of methoxy groups -OCH3 is 1. The first kappa shape index (κ1) is 112. The van der Waals surface area contributed by atoms with Crippen molar-refractivity contribution in [2.45, 2.75) is 97.6 Å². The van der Waals surface area contributed by atoms with Crippen LogP contribution in [0.15, 0.2) is 140 Å². The molecule has 1 fully saturated rings. The Bertz CT molecular complexity index is 5730. The highest BCUT2D eigenvalue weighted by molar-refractivity contribution is 7.22. The molecule has 9 aromatic rings. The number of carbonyl (C=O) groups is 10. The smallest absolute Gasteiger partial charge is 0.410 e. The number of hydrogen-bond acceptors (Lipinski definition) is 34. The molecule has 0 spiro atoms. The zero-order valence-corrected chi connectivity index (χ0v) is 82.9.